The molecule has 1 fully saturated rings. The van der Waals surface area contributed by atoms with Gasteiger partial charge in [-0.25, -0.2) is 0 Å². The Bertz CT molecular complexity index is 650. The van der Waals surface area contributed by atoms with Gasteiger partial charge in [0, 0.05) is 5.69 Å². The monoisotopic (exact) mass is 299 g/mol. The number of carboxylic acids is 1. The molecule has 2 aliphatic carbocycles. The second-order valence-corrected chi connectivity index (χ2v) is 6.29. The maximum atomic E-state index is 12.7. The SMILES string of the molecule is CCc1cccc(C)c1NC(=O)[C@H]1[C@@H](C(=O)O)[C@H]2C=C[C@@H]1C2. The third-order valence-corrected chi connectivity index (χ3v) is 5.04. The van der Waals surface area contributed by atoms with Gasteiger partial charge in [-0.1, -0.05) is 37.3 Å². The molecule has 3 rings (SSSR count). The minimum Gasteiger partial charge on any atom is -0.481 e. The van der Waals surface area contributed by atoms with Crippen LogP contribution in [0.3, 0.4) is 0 Å². The fraction of sp³-hybridized carbons (Fsp3) is 0.444. The largest absolute Gasteiger partial charge is 0.481 e. The van der Waals surface area contributed by atoms with Gasteiger partial charge < -0.3 is 10.4 Å². The van der Waals surface area contributed by atoms with Crippen LogP contribution >= 0.6 is 0 Å². The van der Waals surface area contributed by atoms with Crippen molar-refractivity contribution in [1.29, 1.82) is 0 Å². The van der Waals surface area contributed by atoms with Gasteiger partial charge in [0.15, 0.2) is 0 Å². The summed E-state index contributed by atoms with van der Waals surface area (Å²) in [4.78, 5) is 24.3. The Balaban J connectivity index is 1.86. The molecule has 4 atom stereocenters. The van der Waals surface area contributed by atoms with Crippen molar-refractivity contribution in [3.05, 3.63) is 41.5 Å². The van der Waals surface area contributed by atoms with Crippen LogP contribution in [0.15, 0.2) is 30.4 Å². The van der Waals surface area contributed by atoms with Crippen molar-refractivity contribution < 1.29 is 14.7 Å². The fourth-order valence-corrected chi connectivity index (χ4v) is 3.92. The molecule has 1 saturated carbocycles. The number of hydrogen-bond acceptors (Lipinski definition) is 2. The average Bonchev–Trinajstić information content (AvgIpc) is 3.09. The van der Waals surface area contributed by atoms with Gasteiger partial charge in [0.1, 0.15) is 0 Å². The van der Waals surface area contributed by atoms with E-state index in [1.165, 1.54) is 0 Å². The number of nitrogens with one attached hydrogen (secondary N) is 1. The molecule has 1 aromatic carbocycles. The van der Waals surface area contributed by atoms with Gasteiger partial charge in [-0.2, -0.15) is 0 Å². The third kappa shape index (κ3) is 2.32. The highest BCUT2D eigenvalue weighted by atomic mass is 16.4. The van der Waals surface area contributed by atoms with Gasteiger partial charge >= 0.3 is 5.97 Å². The number of allylic oxidation sites excluding steroid dienone is 2. The minimum absolute atomic E-state index is 0.000709. The maximum Gasteiger partial charge on any atom is 0.307 e. The molecule has 0 aliphatic heterocycles. The van der Waals surface area contributed by atoms with E-state index in [0.29, 0.717) is 0 Å². The van der Waals surface area contributed by atoms with Crippen LogP contribution in [-0.2, 0) is 16.0 Å². The highest BCUT2D eigenvalue weighted by molar-refractivity contribution is 5.97. The number of carboxylic acid groups (broad SMARTS) is 1. The molecule has 2 aliphatic rings. The van der Waals surface area contributed by atoms with Crippen LogP contribution in [-0.4, -0.2) is 17.0 Å². The molecule has 0 radical (unpaired) electrons. The van der Waals surface area contributed by atoms with Crippen LogP contribution in [0.1, 0.15) is 24.5 Å². The Morgan fingerprint density at radius 3 is 2.55 bits per heavy atom. The highest BCUT2D eigenvalue weighted by Crippen LogP contribution is 2.48. The molecule has 0 heterocycles. The number of carbonyl (C=O) groups is 2. The zero-order valence-corrected chi connectivity index (χ0v) is 12.9. The average molecular weight is 299 g/mol. The van der Waals surface area contributed by atoms with Gasteiger partial charge in [0.05, 0.1) is 11.8 Å². The Hall–Kier alpha value is -2.10. The van der Waals surface area contributed by atoms with Crippen molar-refractivity contribution in [2.24, 2.45) is 23.7 Å². The van der Waals surface area contributed by atoms with E-state index in [1.54, 1.807) is 0 Å². The minimum atomic E-state index is -0.863. The molecule has 0 aromatic heterocycles. The number of amides is 1. The van der Waals surface area contributed by atoms with E-state index in [4.69, 9.17) is 0 Å². The van der Waals surface area contributed by atoms with Crippen molar-refractivity contribution in [3.63, 3.8) is 0 Å². The Kier molecular flexibility index (Phi) is 3.77. The molecule has 2 bridgehead atoms. The lowest BCUT2D eigenvalue weighted by atomic mass is 9.82. The van der Waals surface area contributed by atoms with Crippen LogP contribution in [0.4, 0.5) is 5.69 Å². The van der Waals surface area contributed by atoms with Crippen LogP contribution in [0, 0.1) is 30.6 Å². The van der Waals surface area contributed by atoms with Crippen LogP contribution < -0.4 is 5.32 Å². The molecular weight excluding hydrogens is 278 g/mol. The smallest absolute Gasteiger partial charge is 0.307 e. The number of hydrogen-bond donors (Lipinski definition) is 2. The summed E-state index contributed by atoms with van der Waals surface area (Å²) >= 11 is 0. The van der Waals surface area contributed by atoms with Crippen molar-refractivity contribution >= 4 is 17.6 Å². The first-order valence-electron chi connectivity index (χ1n) is 7.83. The lowest BCUT2D eigenvalue weighted by molar-refractivity contribution is -0.146. The molecule has 0 spiro atoms. The zero-order valence-electron chi connectivity index (χ0n) is 12.9. The lowest BCUT2D eigenvalue weighted by Gasteiger charge is -2.25. The van der Waals surface area contributed by atoms with Crippen molar-refractivity contribution in [3.8, 4) is 0 Å². The van der Waals surface area contributed by atoms with Gasteiger partial charge in [-0.3, -0.25) is 9.59 Å². The maximum absolute atomic E-state index is 12.7. The molecule has 1 amide bonds. The van der Waals surface area contributed by atoms with E-state index in [9.17, 15) is 14.7 Å². The fourth-order valence-electron chi connectivity index (χ4n) is 3.92. The molecule has 2 N–H and O–H groups in total. The summed E-state index contributed by atoms with van der Waals surface area (Å²) in [6, 6.07) is 5.94. The second-order valence-electron chi connectivity index (χ2n) is 6.29. The lowest BCUT2D eigenvalue weighted by Crippen LogP contribution is -2.36. The summed E-state index contributed by atoms with van der Waals surface area (Å²) in [5.74, 6) is -2.02. The molecule has 0 unspecified atom stereocenters. The van der Waals surface area contributed by atoms with Gasteiger partial charge in [0.2, 0.25) is 5.91 Å². The predicted molar refractivity (Wildman–Crippen MR) is 84.5 cm³/mol. The number of anilines is 1. The number of benzene rings is 1. The molecular formula is C18H21NO3. The zero-order chi connectivity index (χ0) is 15.9. The number of para-hydroxylation sites is 1. The summed E-state index contributed by atoms with van der Waals surface area (Å²) in [6.45, 7) is 4.01. The van der Waals surface area contributed by atoms with Crippen LogP contribution in [0.2, 0.25) is 0 Å². The molecule has 116 valence electrons. The summed E-state index contributed by atoms with van der Waals surface area (Å²) in [6.07, 6.45) is 5.57. The van der Waals surface area contributed by atoms with Gasteiger partial charge in [-0.05, 0) is 42.7 Å². The first kappa shape index (κ1) is 14.8. The molecule has 1 aromatic rings. The predicted octanol–water partition coefficient (Wildman–Crippen LogP) is 3.02. The molecule has 0 saturated heterocycles. The van der Waals surface area contributed by atoms with Crippen molar-refractivity contribution in [2.45, 2.75) is 26.7 Å². The number of aryl methyl sites for hydroxylation is 2. The van der Waals surface area contributed by atoms with E-state index in [2.05, 4.69) is 5.32 Å². The van der Waals surface area contributed by atoms with E-state index in [0.717, 1.165) is 29.7 Å². The van der Waals surface area contributed by atoms with Gasteiger partial charge in [-0.15, -0.1) is 0 Å². The number of carbonyl (C=O) groups excluding carboxylic acids is 1. The Morgan fingerprint density at radius 2 is 1.91 bits per heavy atom. The van der Waals surface area contributed by atoms with Crippen LogP contribution in [0.5, 0.6) is 0 Å². The summed E-state index contributed by atoms with van der Waals surface area (Å²) < 4.78 is 0. The number of rotatable bonds is 4. The summed E-state index contributed by atoms with van der Waals surface area (Å²) in [5, 5.41) is 12.5. The first-order valence-corrected chi connectivity index (χ1v) is 7.83. The summed E-state index contributed by atoms with van der Waals surface area (Å²) in [7, 11) is 0. The van der Waals surface area contributed by atoms with E-state index < -0.39 is 17.8 Å². The summed E-state index contributed by atoms with van der Waals surface area (Å²) in [5.41, 5.74) is 2.93. The van der Waals surface area contributed by atoms with Crippen molar-refractivity contribution in [1.82, 2.24) is 0 Å². The van der Waals surface area contributed by atoms with E-state index >= 15 is 0 Å². The Labute approximate surface area is 130 Å². The van der Waals surface area contributed by atoms with Crippen LogP contribution in [0.25, 0.3) is 0 Å². The quantitative estimate of drug-likeness (QED) is 0.840. The van der Waals surface area contributed by atoms with Gasteiger partial charge in [0.25, 0.3) is 0 Å². The normalized spacial score (nSPS) is 28.8. The van der Waals surface area contributed by atoms with E-state index in [1.807, 2.05) is 44.2 Å². The molecule has 4 heteroatoms. The second kappa shape index (κ2) is 5.59. The standard InChI is InChI=1S/C18H21NO3/c1-3-11-6-4-5-10(2)16(11)19-17(20)14-12-7-8-13(9-12)15(14)18(21)22/h4-8,12-15H,3,9H2,1-2H3,(H,19,20)(H,21,22)/t12-,13+,14-,15+/m1/s1. The number of aliphatic carboxylic acids is 1. The van der Waals surface area contributed by atoms with Crippen molar-refractivity contribution in [2.75, 3.05) is 5.32 Å². The van der Waals surface area contributed by atoms with E-state index in [-0.39, 0.29) is 17.7 Å². The molecule has 4 nitrogen and oxygen atoms in total. The number of fused-ring (bicyclic) bond motifs is 2. The topological polar surface area (TPSA) is 66.4 Å². The molecule has 22 heavy (non-hydrogen) atoms. The highest BCUT2D eigenvalue weighted by Gasteiger charge is 2.51. The third-order valence-electron chi connectivity index (χ3n) is 5.04. The Morgan fingerprint density at radius 1 is 1.23 bits per heavy atom. The first-order chi connectivity index (χ1) is 10.5.